The number of nitrogens with one attached hydrogen (secondary N) is 2. The van der Waals surface area contributed by atoms with E-state index in [1.165, 1.54) is 30.4 Å². The molecule has 1 aliphatic rings. The summed E-state index contributed by atoms with van der Waals surface area (Å²) in [6, 6.07) is 10.0. The third kappa shape index (κ3) is 5.91. The summed E-state index contributed by atoms with van der Waals surface area (Å²) >= 11 is 0. The summed E-state index contributed by atoms with van der Waals surface area (Å²) in [4.78, 5) is 21.2. The molecule has 0 saturated heterocycles. The smallest absolute Gasteiger partial charge is 0.270 e. The van der Waals surface area contributed by atoms with Crippen LogP contribution in [-0.2, 0) is 6.54 Å². The summed E-state index contributed by atoms with van der Waals surface area (Å²) in [5.41, 5.74) is 5.02. The second-order valence-corrected chi connectivity index (χ2v) is 7.17. The maximum absolute atomic E-state index is 12.5. The number of carbonyl (C=O) groups is 1. The molecule has 1 amide bonds. The van der Waals surface area contributed by atoms with Crippen LogP contribution >= 0.6 is 0 Å². The molecule has 27 heavy (non-hydrogen) atoms. The molecule has 0 fully saturated rings. The van der Waals surface area contributed by atoms with E-state index in [-0.39, 0.29) is 5.91 Å². The van der Waals surface area contributed by atoms with E-state index in [1.54, 1.807) is 6.07 Å². The molecule has 1 aliphatic carbocycles. The van der Waals surface area contributed by atoms with Gasteiger partial charge in [-0.1, -0.05) is 41.5 Å². The lowest BCUT2D eigenvalue weighted by Crippen LogP contribution is -2.26. The van der Waals surface area contributed by atoms with Crippen molar-refractivity contribution in [3.63, 3.8) is 0 Å². The minimum Gasteiger partial charge on any atom is -0.350 e. The van der Waals surface area contributed by atoms with Gasteiger partial charge < -0.3 is 10.6 Å². The van der Waals surface area contributed by atoms with Crippen LogP contribution in [0.2, 0.25) is 0 Å². The Balaban J connectivity index is 1.55. The highest BCUT2D eigenvalue weighted by atomic mass is 16.1. The van der Waals surface area contributed by atoms with E-state index < -0.39 is 0 Å². The predicted molar refractivity (Wildman–Crippen MR) is 109 cm³/mol. The number of hydrogen-bond donors (Lipinski definition) is 2. The Bertz CT molecular complexity index is 812. The molecule has 0 aliphatic heterocycles. The van der Waals surface area contributed by atoms with Crippen LogP contribution in [0.1, 0.15) is 59.4 Å². The van der Waals surface area contributed by atoms with E-state index in [0.717, 1.165) is 24.1 Å². The topological polar surface area (TPSA) is 66.9 Å². The number of benzene rings is 1. The lowest BCUT2D eigenvalue weighted by atomic mass is 9.97. The summed E-state index contributed by atoms with van der Waals surface area (Å²) < 4.78 is 0. The predicted octanol–water partition coefficient (Wildman–Crippen LogP) is 4.33. The van der Waals surface area contributed by atoms with Crippen LogP contribution in [0, 0.1) is 13.8 Å². The van der Waals surface area contributed by atoms with E-state index in [4.69, 9.17) is 0 Å². The first-order chi connectivity index (χ1) is 13.1. The van der Waals surface area contributed by atoms with Gasteiger partial charge in [-0.2, -0.15) is 0 Å². The molecule has 1 aromatic carbocycles. The van der Waals surface area contributed by atoms with Gasteiger partial charge in [0, 0.05) is 18.8 Å². The average molecular weight is 364 g/mol. The van der Waals surface area contributed by atoms with Crippen molar-refractivity contribution >= 4 is 11.9 Å². The minimum atomic E-state index is -0.143. The van der Waals surface area contributed by atoms with Gasteiger partial charge in [-0.3, -0.25) is 4.79 Å². The number of anilines is 1. The number of hydrogen-bond acceptors (Lipinski definition) is 4. The molecule has 5 heteroatoms. The van der Waals surface area contributed by atoms with Gasteiger partial charge in [0.25, 0.3) is 5.91 Å². The van der Waals surface area contributed by atoms with E-state index in [2.05, 4.69) is 57.9 Å². The van der Waals surface area contributed by atoms with E-state index in [9.17, 15) is 4.79 Å². The molecule has 0 saturated carbocycles. The number of amides is 1. The Morgan fingerprint density at radius 2 is 1.93 bits per heavy atom. The largest absolute Gasteiger partial charge is 0.350 e. The molecule has 2 N–H and O–H groups in total. The van der Waals surface area contributed by atoms with Crippen molar-refractivity contribution in [2.75, 3.05) is 11.9 Å². The van der Waals surface area contributed by atoms with Crippen molar-refractivity contribution in [3.8, 4) is 0 Å². The maximum Gasteiger partial charge on any atom is 0.270 e. The van der Waals surface area contributed by atoms with E-state index in [0.29, 0.717) is 24.7 Å². The summed E-state index contributed by atoms with van der Waals surface area (Å²) in [5, 5.41) is 6.20. The molecular formula is C22H28N4O. The fourth-order valence-corrected chi connectivity index (χ4v) is 3.21. The number of aromatic nitrogens is 2. The monoisotopic (exact) mass is 364 g/mol. The summed E-state index contributed by atoms with van der Waals surface area (Å²) in [5.74, 6) is 0.339. The van der Waals surface area contributed by atoms with Crippen molar-refractivity contribution in [1.29, 1.82) is 0 Å². The number of aryl methyl sites for hydroxylation is 2. The molecule has 0 spiro atoms. The van der Waals surface area contributed by atoms with Crippen LogP contribution in [0.3, 0.4) is 0 Å². The molecule has 0 bridgehead atoms. The first-order valence-corrected chi connectivity index (χ1v) is 9.71. The van der Waals surface area contributed by atoms with Gasteiger partial charge in [0.15, 0.2) is 0 Å². The van der Waals surface area contributed by atoms with Gasteiger partial charge >= 0.3 is 0 Å². The van der Waals surface area contributed by atoms with Crippen molar-refractivity contribution in [3.05, 3.63) is 64.5 Å². The van der Waals surface area contributed by atoms with Gasteiger partial charge in [-0.15, -0.1) is 0 Å². The fourth-order valence-electron chi connectivity index (χ4n) is 3.21. The molecule has 5 nitrogen and oxygen atoms in total. The Labute approximate surface area is 161 Å². The van der Waals surface area contributed by atoms with Crippen LogP contribution in [-0.4, -0.2) is 22.4 Å². The van der Waals surface area contributed by atoms with Gasteiger partial charge in [-0.25, -0.2) is 9.97 Å². The Kier molecular flexibility index (Phi) is 6.58. The van der Waals surface area contributed by atoms with Gasteiger partial charge in [-0.05, 0) is 57.6 Å². The van der Waals surface area contributed by atoms with Gasteiger partial charge in [0.1, 0.15) is 5.69 Å². The Morgan fingerprint density at radius 1 is 1.11 bits per heavy atom. The molecule has 142 valence electrons. The first-order valence-electron chi connectivity index (χ1n) is 9.71. The summed E-state index contributed by atoms with van der Waals surface area (Å²) in [6.07, 6.45) is 8.13. The lowest BCUT2D eigenvalue weighted by Gasteiger charge is -2.13. The van der Waals surface area contributed by atoms with Crippen LogP contribution in [0.15, 0.2) is 42.0 Å². The number of rotatable bonds is 7. The lowest BCUT2D eigenvalue weighted by molar-refractivity contribution is 0.0949. The Hall–Kier alpha value is -2.69. The highest BCUT2D eigenvalue weighted by Gasteiger charge is 2.11. The van der Waals surface area contributed by atoms with Crippen LogP contribution in [0.5, 0.6) is 0 Å². The molecule has 0 radical (unpaired) electrons. The highest BCUT2D eigenvalue weighted by Crippen LogP contribution is 2.19. The van der Waals surface area contributed by atoms with Gasteiger partial charge in [0.05, 0.1) is 0 Å². The third-order valence-electron chi connectivity index (χ3n) is 4.77. The second kappa shape index (κ2) is 9.31. The summed E-state index contributed by atoms with van der Waals surface area (Å²) in [7, 11) is 0. The molecule has 3 rings (SSSR count). The van der Waals surface area contributed by atoms with Crippen molar-refractivity contribution in [1.82, 2.24) is 15.3 Å². The zero-order valence-electron chi connectivity index (χ0n) is 16.2. The number of allylic oxidation sites excluding steroid dienone is 1. The number of carbonyl (C=O) groups excluding carboxylic acids is 1. The molecule has 1 aromatic heterocycles. The van der Waals surface area contributed by atoms with Crippen molar-refractivity contribution in [2.24, 2.45) is 0 Å². The molecule has 2 aromatic rings. The first kappa shape index (κ1) is 19.1. The molecule has 1 heterocycles. The standard InChI is InChI=1S/C22H28N4O/c1-16-8-10-19(11-9-16)15-24-22-25-17(2)14-20(26-22)21(27)23-13-12-18-6-4-3-5-7-18/h6,8-11,14H,3-5,7,12-13,15H2,1-2H3,(H,23,27)(H,24,25,26). The Morgan fingerprint density at radius 3 is 2.67 bits per heavy atom. The van der Waals surface area contributed by atoms with Gasteiger partial charge in [0.2, 0.25) is 5.95 Å². The second-order valence-electron chi connectivity index (χ2n) is 7.17. The summed E-state index contributed by atoms with van der Waals surface area (Å²) in [6.45, 7) is 5.22. The molecule has 0 atom stereocenters. The number of nitrogens with zero attached hydrogens (tertiary/aromatic N) is 2. The van der Waals surface area contributed by atoms with E-state index in [1.807, 2.05) is 6.92 Å². The highest BCUT2D eigenvalue weighted by molar-refractivity contribution is 5.92. The zero-order chi connectivity index (χ0) is 19.1. The maximum atomic E-state index is 12.5. The quantitative estimate of drug-likeness (QED) is 0.718. The fraction of sp³-hybridized carbons (Fsp3) is 0.409. The van der Waals surface area contributed by atoms with E-state index >= 15 is 0 Å². The van der Waals surface area contributed by atoms with Crippen LogP contribution in [0.25, 0.3) is 0 Å². The molecular weight excluding hydrogens is 336 g/mol. The normalized spacial score (nSPS) is 13.8. The third-order valence-corrected chi connectivity index (χ3v) is 4.77. The zero-order valence-corrected chi connectivity index (χ0v) is 16.2. The average Bonchev–Trinajstić information content (AvgIpc) is 2.68. The SMILES string of the molecule is Cc1ccc(CNc2nc(C)cc(C(=O)NCCC3=CCCCC3)n2)cc1. The minimum absolute atomic E-state index is 0.143. The van der Waals surface area contributed by atoms with Crippen molar-refractivity contribution < 1.29 is 4.79 Å². The van der Waals surface area contributed by atoms with Crippen LogP contribution in [0.4, 0.5) is 5.95 Å². The molecule has 0 unspecified atom stereocenters. The van der Waals surface area contributed by atoms with Crippen LogP contribution < -0.4 is 10.6 Å². The van der Waals surface area contributed by atoms with Crippen molar-refractivity contribution in [2.45, 2.75) is 52.5 Å².